The van der Waals surface area contributed by atoms with Crippen molar-refractivity contribution in [2.75, 3.05) is 6.54 Å². The molecule has 0 saturated carbocycles. The molecule has 0 aliphatic rings. The second kappa shape index (κ2) is 7.75. The van der Waals surface area contributed by atoms with Crippen LogP contribution in [0.15, 0.2) is 35.3 Å². The molecule has 1 atom stereocenters. The van der Waals surface area contributed by atoms with Gasteiger partial charge in [-0.05, 0) is 31.9 Å². The number of aliphatic imine (C=N–C) groups is 1. The molecule has 18 heavy (non-hydrogen) atoms. The Morgan fingerprint density at radius 2 is 1.94 bits per heavy atom. The third kappa shape index (κ3) is 4.40. The Morgan fingerprint density at radius 3 is 2.50 bits per heavy atom. The maximum atomic E-state index is 6.14. The molecule has 1 aromatic carbocycles. The van der Waals surface area contributed by atoms with E-state index in [1.807, 2.05) is 30.3 Å². The zero-order chi connectivity index (χ0) is 13.4. The van der Waals surface area contributed by atoms with Gasteiger partial charge in [0.2, 0.25) is 0 Å². The van der Waals surface area contributed by atoms with Gasteiger partial charge >= 0.3 is 0 Å². The number of para-hydroxylation sites is 1. The molecule has 0 aromatic heterocycles. The molecule has 0 saturated heterocycles. The quantitative estimate of drug-likeness (QED) is 0.617. The molecule has 0 fully saturated rings. The average Bonchev–Trinajstić information content (AvgIpc) is 2.40. The number of guanidine groups is 1. The molecular weight excluding hydrogens is 222 g/mol. The van der Waals surface area contributed by atoms with Crippen LogP contribution in [0.1, 0.15) is 40.0 Å². The second-order valence-electron chi connectivity index (χ2n) is 4.61. The van der Waals surface area contributed by atoms with E-state index < -0.39 is 0 Å². The van der Waals surface area contributed by atoms with Crippen molar-refractivity contribution in [3.05, 3.63) is 30.3 Å². The first-order chi connectivity index (χ1) is 8.69. The lowest BCUT2D eigenvalue weighted by Gasteiger charge is -2.29. The number of nitrogens with two attached hydrogens (primary N) is 1. The van der Waals surface area contributed by atoms with Gasteiger partial charge in [0, 0.05) is 12.6 Å². The summed E-state index contributed by atoms with van der Waals surface area (Å²) in [7, 11) is 0. The second-order valence-corrected chi connectivity index (χ2v) is 4.61. The highest BCUT2D eigenvalue weighted by atomic mass is 15.3. The van der Waals surface area contributed by atoms with Gasteiger partial charge in [-0.15, -0.1) is 0 Å². The Kier molecular flexibility index (Phi) is 6.26. The molecule has 1 rings (SSSR count). The number of hydrogen-bond acceptors (Lipinski definition) is 1. The van der Waals surface area contributed by atoms with Crippen LogP contribution in [-0.2, 0) is 0 Å². The van der Waals surface area contributed by atoms with E-state index >= 15 is 0 Å². The van der Waals surface area contributed by atoms with Crippen LogP contribution in [-0.4, -0.2) is 23.4 Å². The summed E-state index contributed by atoms with van der Waals surface area (Å²) in [6.07, 6.45) is 3.40. The summed E-state index contributed by atoms with van der Waals surface area (Å²) >= 11 is 0. The highest BCUT2D eigenvalue weighted by Gasteiger charge is 2.13. The Morgan fingerprint density at radius 1 is 1.28 bits per heavy atom. The fourth-order valence-corrected chi connectivity index (χ4v) is 1.81. The molecule has 0 spiro atoms. The molecule has 0 heterocycles. The predicted molar refractivity (Wildman–Crippen MR) is 79.1 cm³/mol. The zero-order valence-corrected chi connectivity index (χ0v) is 11.8. The lowest BCUT2D eigenvalue weighted by molar-refractivity contribution is 0.313. The summed E-state index contributed by atoms with van der Waals surface area (Å²) < 4.78 is 0. The highest BCUT2D eigenvalue weighted by molar-refractivity contribution is 5.81. The summed E-state index contributed by atoms with van der Waals surface area (Å²) in [5, 5.41) is 0. The van der Waals surface area contributed by atoms with Crippen LogP contribution in [0.5, 0.6) is 0 Å². The first kappa shape index (κ1) is 14.6. The lowest BCUT2D eigenvalue weighted by Crippen LogP contribution is -2.43. The van der Waals surface area contributed by atoms with Gasteiger partial charge in [0.25, 0.3) is 0 Å². The van der Waals surface area contributed by atoms with Crippen molar-refractivity contribution >= 4 is 11.6 Å². The fraction of sp³-hybridized carbons (Fsp3) is 0.533. The Labute approximate surface area is 111 Å². The van der Waals surface area contributed by atoms with Gasteiger partial charge in [-0.1, -0.05) is 38.5 Å². The third-order valence-electron chi connectivity index (χ3n) is 3.17. The van der Waals surface area contributed by atoms with Crippen molar-refractivity contribution in [2.24, 2.45) is 10.7 Å². The topological polar surface area (TPSA) is 41.6 Å². The first-order valence-electron chi connectivity index (χ1n) is 6.84. The maximum Gasteiger partial charge on any atom is 0.196 e. The van der Waals surface area contributed by atoms with E-state index in [2.05, 4.69) is 30.7 Å². The van der Waals surface area contributed by atoms with Crippen LogP contribution in [0.4, 0.5) is 5.69 Å². The lowest BCUT2D eigenvalue weighted by atomic mass is 10.2. The van der Waals surface area contributed by atoms with Gasteiger partial charge in [0.05, 0.1) is 5.69 Å². The summed E-state index contributed by atoms with van der Waals surface area (Å²) in [4.78, 5) is 6.71. The monoisotopic (exact) mass is 247 g/mol. The van der Waals surface area contributed by atoms with E-state index in [-0.39, 0.29) is 0 Å². The molecule has 0 amide bonds. The Hall–Kier alpha value is -1.51. The largest absolute Gasteiger partial charge is 0.369 e. The summed E-state index contributed by atoms with van der Waals surface area (Å²) in [6, 6.07) is 10.3. The summed E-state index contributed by atoms with van der Waals surface area (Å²) in [5.74, 6) is 0.629. The maximum absolute atomic E-state index is 6.14. The third-order valence-corrected chi connectivity index (χ3v) is 3.17. The van der Waals surface area contributed by atoms with Gasteiger partial charge in [-0.2, -0.15) is 0 Å². The standard InChI is InChI=1S/C15H25N3/c1-4-6-12-18(13(3)5-2)15(16)17-14-10-8-7-9-11-14/h7-11,13H,4-6,12H2,1-3H3,(H2,16,17). The molecule has 2 N–H and O–H groups in total. The van der Waals surface area contributed by atoms with Crippen molar-refractivity contribution in [3.63, 3.8) is 0 Å². The number of rotatable bonds is 6. The van der Waals surface area contributed by atoms with E-state index in [9.17, 15) is 0 Å². The van der Waals surface area contributed by atoms with E-state index in [0.717, 1.165) is 25.1 Å². The molecule has 1 aromatic rings. The molecule has 3 heteroatoms. The zero-order valence-electron chi connectivity index (χ0n) is 11.8. The van der Waals surface area contributed by atoms with Gasteiger partial charge in [-0.25, -0.2) is 4.99 Å². The van der Waals surface area contributed by atoms with Gasteiger partial charge in [0.1, 0.15) is 0 Å². The molecule has 0 aliphatic carbocycles. The van der Waals surface area contributed by atoms with Crippen molar-refractivity contribution in [1.82, 2.24) is 4.90 Å². The number of nitrogens with zero attached hydrogens (tertiary/aromatic N) is 2. The molecule has 3 nitrogen and oxygen atoms in total. The van der Waals surface area contributed by atoms with Crippen LogP contribution in [0.25, 0.3) is 0 Å². The Bertz CT molecular complexity index is 359. The van der Waals surface area contributed by atoms with E-state index in [4.69, 9.17) is 5.73 Å². The Balaban J connectivity index is 2.80. The van der Waals surface area contributed by atoms with Crippen LogP contribution < -0.4 is 5.73 Å². The fourth-order valence-electron chi connectivity index (χ4n) is 1.81. The van der Waals surface area contributed by atoms with Gasteiger partial charge in [0.15, 0.2) is 5.96 Å². The first-order valence-corrected chi connectivity index (χ1v) is 6.84. The molecule has 1 unspecified atom stereocenters. The predicted octanol–water partition coefficient (Wildman–Crippen LogP) is 3.53. The smallest absolute Gasteiger partial charge is 0.196 e. The summed E-state index contributed by atoms with van der Waals surface area (Å²) in [5.41, 5.74) is 7.06. The average molecular weight is 247 g/mol. The van der Waals surface area contributed by atoms with E-state index in [1.54, 1.807) is 0 Å². The van der Waals surface area contributed by atoms with Gasteiger partial charge < -0.3 is 10.6 Å². The van der Waals surface area contributed by atoms with Crippen LogP contribution in [0, 0.1) is 0 Å². The number of benzene rings is 1. The van der Waals surface area contributed by atoms with Crippen LogP contribution in [0.3, 0.4) is 0 Å². The van der Waals surface area contributed by atoms with E-state index in [1.165, 1.54) is 6.42 Å². The number of unbranched alkanes of at least 4 members (excludes halogenated alkanes) is 1. The van der Waals surface area contributed by atoms with Crippen LogP contribution in [0.2, 0.25) is 0 Å². The SMILES string of the molecule is CCCCN(C(N)=Nc1ccccc1)C(C)CC. The van der Waals surface area contributed by atoms with Crippen LogP contribution >= 0.6 is 0 Å². The molecule has 0 bridgehead atoms. The molecule has 100 valence electrons. The highest BCUT2D eigenvalue weighted by Crippen LogP contribution is 2.12. The molecule has 0 aliphatic heterocycles. The summed E-state index contributed by atoms with van der Waals surface area (Å²) in [6.45, 7) is 7.55. The molecular formula is C15H25N3. The normalized spacial score (nSPS) is 13.4. The van der Waals surface area contributed by atoms with Crippen molar-refractivity contribution in [3.8, 4) is 0 Å². The van der Waals surface area contributed by atoms with E-state index in [0.29, 0.717) is 12.0 Å². The van der Waals surface area contributed by atoms with Crippen molar-refractivity contribution < 1.29 is 0 Å². The number of hydrogen-bond donors (Lipinski definition) is 1. The minimum Gasteiger partial charge on any atom is -0.369 e. The van der Waals surface area contributed by atoms with Crippen molar-refractivity contribution in [2.45, 2.75) is 46.1 Å². The minimum atomic E-state index is 0.434. The molecule has 0 radical (unpaired) electrons. The minimum absolute atomic E-state index is 0.434. The van der Waals surface area contributed by atoms with Crippen molar-refractivity contribution in [1.29, 1.82) is 0 Å². The van der Waals surface area contributed by atoms with Gasteiger partial charge in [-0.3, -0.25) is 0 Å².